The lowest BCUT2D eigenvalue weighted by molar-refractivity contribution is 1.20. The third-order valence-corrected chi connectivity index (χ3v) is 6.10. The lowest BCUT2D eigenvalue weighted by Gasteiger charge is -2.24. The van der Waals surface area contributed by atoms with Crippen LogP contribution in [0.25, 0.3) is 22.2 Å². The van der Waals surface area contributed by atoms with Gasteiger partial charge < -0.3 is 4.23 Å². The van der Waals surface area contributed by atoms with Gasteiger partial charge >= 0.3 is 0 Å². The summed E-state index contributed by atoms with van der Waals surface area (Å²) in [5.74, 6) is 0. The van der Waals surface area contributed by atoms with E-state index in [0.717, 1.165) is 6.42 Å². The van der Waals surface area contributed by atoms with Gasteiger partial charge in [-0.3, -0.25) is 0 Å². The Labute approximate surface area is 121 Å². The van der Waals surface area contributed by atoms with Crippen molar-refractivity contribution < 1.29 is 0 Å². The molecule has 4 rings (SSSR count). The van der Waals surface area contributed by atoms with Crippen LogP contribution in [-0.2, 0) is 6.42 Å². The largest absolute Gasteiger partial charge is 0.368 e. The predicted octanol–water partition coefficient (Wildman–Crippen LogP) is 4.90. The number of nitrogens with zero attached hydrogens (tertiary/aromatic N) is 1. The SMILES string of the molecule is C[Si](C)(C)n1c2c(c3ccccc31)Cc1ccccc1-2. The lowest BCUT2D eigenvalue weighted by Crippen LogP contribution is -2.32. The van der Waals surface area contributed by atoms with Crippen molar-refractivity contribution in [3.8, 4) is 11.3 Å². The van der Waals surface area contributed by atoms with Crippen LogP contribution in [0.3, 0.4) is 0 Å². The van der Waals surface area contributed by atoms with Crippen molar-refractivity contribution >= 4 is 19.1 Å². The summed E-state index contributed by atoms with van der Waals surface area (Å²) in [6.07, 6.45) is 1.09. The first-order chi connectivity index (χ1) is 9.57. The quantitative estimate of drug-likeness (QED) is 0.436. The van der Waals surface area contributed by atoms with E-state index in [1.165, 1.54) is 33.3 Å². The van der Waals surface area contributed by atoms with Gasteiger partial charge in [0.1, 0.15) is 0 Å². The van der Waals surface area contributed by atoms with E-state index in [2.05, 4.69) is 72.4 Å². The minimum Gasteiger partial charge on any atom is -0.368 e. The number of fused-ring (bicyclic) bond motifs is 5. The number of benzene rings is 2. The van der Waals surface area contributed by atoms with Gasteiger partial charge in [-0.15, -0.1) is 0 Å². The van der Waals surface area contributed by atoms with E-state index in [9.17, 15) is 0 Å². The molecule has 0 bridgehead atoms. The van der Waals surface area contributed by atoms with Crippen molar-refractivity contribution in [2.45, 2.75) is 26.1 Å². The number of para-hydroxylation sites is 1. The summed E-state index contributed by atoms with van der Waals surface area (Å²) in [6, 6.07) is 17.8. The van der Waals surface area contributed by atoms with Crippen molar-refractivity contribution in [3.63, 3.8) is 0 Å². The Morgan fingerprint density at radius 3 is 2.40 bits per heavy atom. The van der Waals surface area contributed by atoms with E-state index in [-0.39, 0.29) is 0 Å². The van der Waals surface area contributed by atoms with E-state index in [1.807, 2.05) is 0 Å². The van der Waals surface area contributed by atoms with E-state index >= 15 is 0 Å². The fraction of sp³-hybridized carbons (Fsp3) is 0.222. The number of hydrogen-bond donors (Lipinski definition) is 0. The molecule has 2 aromatic carbocycles. The second-order valence-corrected chi connectivity index (χ2v) is 11.5. The smallest absolute Gasteiger partial charge is 0.153 e. The highest BCUT2D eigenvalue weighted by Gasteiger charge is 2.31. The van der Waals surface area contributed by atoms with Crippen LogP contribution in [0.4, 0.5) is 0 Å². The number of hydrogen-bond acceptors (Lipinski definition) is 0. The van der Waals surface area contributed by atoms with Crippen LogP contribution < -0.4 is 0 Å². The molecule has 0 unspecified atom stereocenters. The molecule has 1 aliphatic carbocycles. The molecule has 100 valence electrons. The zero-order valence-electron chi connectivity index (χ0n) is 12.3. The van der Waals surface area contributed by atoms with E-state index in [0.29, 0.717) is 0 Å². The van der Waals surface area contributed by atoms with E-state index in [4.69, 9.17) is 0 Å². The maximum Gasteiger partial charge on any atom is 0.153 e. The number of aromatic nitrogens is 1. The van der Waals surface area contributed by atoms with Gasteiger partial charge in [-0.1, -0.05) is 62.1 Å². The average Bonchev–Trinajstić information content (AvgIpc) is 2.92. The first-order valence-electron chi connectivity index (χ1n) is 7.28. The molecule has 0 spiro atoms. The Balaban J connectivity index is 2.18. The van der Waals surface area contributed by atoms with Crippen molar-refractivity contribution in [1.82, 2.24) is 4.23 Å². The number of rotatable bonds is 1. The molecule has 1 aliphatic rings. The molecule has 1 heterocycles. The summed E-state index contributed by atoms with van der Waals surface area (Å²) >= 11 is 0. The molecule has 1 nitrogen and oxygen atoms in total. The molecule has 0 radical (unpaired) electrons. The van der Waals surface area contributed by atoms with E-state index in [1.54, 1.807) is 0 Å². The highest BCUT2D eigenvalue weighted by atomic mass is 28.3. The minimum atomic E-state index is -1.45. The summed E-state index contributed by atoms with van der Waals surface area (Å²) in [4.78, 5) is 0. The van der Waals surface area contributed by atoms with Crippen LogP contribution in [0, 0.1) is 0 Å². The highest BCUT2D eigenvalue weighted by molar-refractivity contribution is 6.75. The summed E-state index contributed by atoms with van der Waals surface area (Å²) in [7, 11) is -1.45. The molecular weight excluding hydrogens is 258 g/mol. The van der Waals surface area contributed by atoms with Gasteiger partial charge in [0.2, 0.25) is 0 Å². The van der Waals surface area contributed by atoms with Crippen LogP contribution in [-0.4, -0.2) is 12.5 Å². The molecule has 0 N–H and O–H groups in total. The Kier molecular flexibility index (Phi) is 2.31. The lowest BCUT2D eigenvalue weighted by atomic mass is 10.1. The second kappa shape index (κ2) is 3.86. The van der Waals surface area contributed by atoms with Gasteiger partial charge in [-0.25, -0.2) is 0 Å². The Hall–Kier alpha value is -1.80. The fourth-order valence-electron chi connectivity index (χ4n) is 3.56. The predicted molar refractivity (Wildman–Crippen MR) is 88.9 cm³/mol. The molecule has 0 atom stereocenters. The molecule has 3 aromatic rings. The zero-order valence-corrected chi connectivity index (χ0v) is 13.3. The van der Waals surface area contributed by atoms with Gasteiger partial charge in [0.15, 0.2) is 8.24 Å². The molecule has 0 saturated heterocycles. The van der Waals surface area contributed by atoms with Crippen molar-refractivity contribution in [2.75, 3.05) is 0 Å². The normalized spacial score (nSPS) is 13.6. The zero-order chi connectivity index (χ0) is 13.9. The van der Waals surface area contributed by atoms with Crippen LogP contribution in [0.2, 0.25) is 19.6 Å². The minimum absolute atomic E-state index is 1.09. The van der Waals surface area contributed by atoms with Crippen molar-refractivity contribution in [1.29, 1.82) is 0 Å². The third kappa shape index (κ3) is 1.48. The van der Waals surface area contributed by atoms with Gasteiger partial charge in [-0.05, 0) is 17.2 Å². The van der Waals surface area contributed by atoms with Crippen LogP contribution in [0.1, 0.15) is 11.1 Å². The standard InChI is InChI=1S/C18H19NSi/c1-20(2,3)19-17-11-7-6-10-15(17)16-12-13-8-4-5-9-14(13)18(16)19/h4-11H,12H2,1-3H3. The third-order valence-electron chi connectivity index (χ3n) is 4.29. The van der Waals surface area contributed by atoms with Gasteiger partial charge in [0.05, 0.1) is 0 Å². The second-order valence-electron chi connectivity index (χ2n) is 6.68. The van der Waals surface area contributed by atoms with E-state index < -0.39 is 8.24 Å². The Morgan fingerprint density at radius 2 is 1.60 bits per heavy atom. The van der Waals surface area contributed by atoms with Crippen LogP contribution in [0.15, 0.2) is 48.5 Å². The Bertz CT molecular complexity index is 821. The molecule has 1 aromatic heterocycles. The van der Waals surface area contributed by atoms with Crippen molar-refractivity contribution in [2.24, 2.45) is 0 Å². The monoisotopic (exact) mass is 277 g/mol. The maximum atomic E-state index is 2.66. The summed E-state index contributed by atoms with van der Waals surface area (Å²) in [5.41, 5.74) is 7.37. The molecular formula is C18H19NSi. The molecule has 20 heavy (non-hydrogen) atoms. The van der Waals surface area contributed by atoms with Crippen LogP contribution in [0.5, 0.6) is 0 Å². The van der Waals surface area contributed by atoms with Gasteiger partial charge in [-0.2, -0.15) is 0 Å². The molecule has 0 saturated carbocycles. The van der Waals surface area contributed by atoms with Crippen molar-refractivity contribution in [3.05, 3.63) is 59.7 Å². The summed E-state index contributed by atoms with van der Waals surface area (Å²) in [5, 5.41) is 1.45. The average molecular weight is 277 g/mol. The topological polar surface area (TPSA) is 4.93 Å². The first kappa shape index (κ1) is 12.0. The maximum absolute atomic E-state index is 2.66. The van der Waals surface area contributed by atoms with Gasteiger partial charge in [0.25, 0.3) is 0 Å². The molecule has 0 fully saturated rings. The highest BCUT2D eigenvalue weighted by Crippen LogP contribution is 2.43. The van der Waals surface area contributed by atoms with Gasteiger partial charge in [0, 0.05) is 28.6 Å². The molecule has 2 heteroatoms. The Morgan fingerprint density at radius 1 is 0.900 bits per heavy atom. The van der Waals surface area contributed by atoms with Crippen LogP contribution >= 0.6 is 0 Å². The fourth-order valence-corrected chi connectivity index (χ4v) is 5.41. The first-order valence-corrected chi connectivity index (χ1v) is 10.7. The molecule has 0 amide bonds. The summed E-state index contributed by atoms with van der Waals surface area (Å²) in [6.45, 7) is 7.29. The summed E-state index contributed by atoms with van der Waals surface area (Å²) < 4.78 is 2.66. The molecule has 0 aliphatic heterocycles.